The van der Waals surface area contributed by atoms with Crippen LogP contribution >= 0.6 is 15.9 Å². The second-order valence-electron chi connectivity index (χ2n) is 6.86. The first-order valence-corrected chi connectivity index (χ1v) is 11.4. The number of methoxy groups -OCH3 is 1. The Hall–Kier alpha value is -3.69. The molecule has 2 N–H and O–H groups in total. The summed E-state index contributed by atoms with van der Waals surface area (Å²) in [5, 5.41) is 19.7. The molecule has 0 saturated heterocycles. The number of carbonyl (C=O) groups is 1. The fourth-order valence-electron chi connectivity index (χ4n) is 3.25. The molecule has 1 aliphatic heterocycles. The lowest BCUT2D eigenvalue weighted by atomic mass is 9.99. The van der Waals surface area contributed by atoms with Crippen molar-refractivity contribution in [1.82, 2.24) is 4.98 Å². The van der Waals surface area contributed by atoms with E-state index in [4.69, 9.17) is 9.47 Å². The number of aromatic hydroxyl groups is 1. The number of nitriles is 1. The third kappa shape index (κ3) is 4.08. The normalized spacial score (nSPS) is 14.3. The van der Waals surface area contributed by atoms with Crippen molar-refractivity contribution in [2.45, 2.75) is 11.5 Å². The third-order valence-corrected chi connectivity index (χ3v) is 6.83. The fraction of sp³-hybridized carbons (Fsp3) is 0.0952. The van der Waals surface area contributed by atoms with E-state index in [0.29, 0.717) is 11.1 Å². The molecule has 3 aromatic rings. The van der Waals surface area contributed by atoms with E-state index in [9.17, 15) is 28.0 Å². The molecule has 0 atom stereocenters. The maximum atomic E-state index is 14.8. The first-order valence-electron chi connectivity index (χ1n) is 9.14. The molecule has 12 heteroatoms. The summed E-state index contributed by atoms with van der Waals surface area (Å²) in [5.74, 6) is -2.33. The van der Waals surface area contributed by atoms with Crippen molar-refractivity contribution in [2.24, 2.45) is 0 Å². The number of ether oxygens (including phenoxy) is 2. The Morgan fingerprint density at radius 3 is 2.73 bits per heavy atom. The van der Waals surface area contributed by atoms with Crippen LogP contribution in [0.3, 0.4) is 0 Å². The van der Waals surface area contributed by atoms with Gasteiger partial charge in [0, 0.05) is 23.4 Å². The van der Waals surface area contributed by atoms with Crippen molar-refractivity contribution in [1.29, 1.82) is 5.26 Å². The zero-order chi connectivity index (χ0) is 23.9. The molecule has 2 aromatic carbocycles. The minimum atomic E-state index is -4.56. The second-order valence-corrected chi connectivity index (χ2v) is 9.37. The first-order chi connectivity index (χ1) is 15.6. The molecular formula is C21H13BrFN3O6S. The predicted octanol–water partition coefficient (Wildman–Crippen LogP) is 3.71. The van der Waals surface area contributed by atoms with Crippen LogP contribution in [-0.2, 0) is 21.4 Å². The molecule has 0 fully saturated rings. The summed E-state index contributed by atoms with van der Waals surface area (Å²) < 4.78 is 53.4. The quantitative estimate of drug-likeness (QED) is 0.451. The van der Waals surface area contributed by atoms with Crippen LogP contribution in [0.15, 0.2) is 45.9 Å². The molecule has 33 heavy (non-hydrogen) atoms. The van der Waals surface area contributed by atoms with Crippen LogP contribution in [0.5, 0.6) is 11.6 Å². The maximum Gasteiger partial charge on any atom is 0.338 e. The number of phenolic OH excluding ortho intramolecular Hbond substituents is 1. The first kappa shape index (κ1) is 22.5. The minimum Gasteiger partial charge on any atom is -0.505 e. The van der Waals surface area contributed by atoms with Crippen LogP contribution in [0, 0.1) is 17.1 Å². The Morgan fingerprint density at radius 2 is 2.03 bits per heavy atom. The predicted molar refractivity (Wildman–Crippen MR) is 117 cm³/mol. The highest BCUT2D eigenvalue weighted by molar-refractivity contribution is 9.10. The smallest absolute Gasteiger partial charge is 0.338 e. The Bertz CT molecular complexity index is 1470. The number of nitrogens with one attached hydrogen (secondary N) is 1. The van der Waals surface area contributed by atoms with E-state index in [1.54, 1.807) is 6.07 Å². The lowest BCUT2D eigenvalue weighted by Gasteiger charge is -2.14. The van der Waals surface area contributed by atoms with Gasteiger partial charge >= 0.3 is 5.97 Å². The molecular weight excluding hydrogens is 521 g/mol. The monoisotopic (exact) mass is 533 g/mol. The number of halogens is 2. The lowest BCUT2D eigenvalue weighted by Crippen LogP contribution is -2.16. The summed E-state index contributed by atoms with van der Waals surface area (Å²) in [6.45, 7) is -0.280. The highest BCUT2D eigenvalue weighted by Gasteiger charge is 2.27. The number of anilines is 1. The number of cyclic esters (lactones) is 1. The Kier molecular flexibility index (Phi) is 5.69. The van der Waals surface area contributed by atoms with Crippen LogP contribution in [0.4, 0.5) is 10.1 Å². The average Bonchev–Trinajstić information content (AvgIpc) is 2.78. The molecule has 0 spiro atoms. The number of carbonyl (C=O) groups excluding carboxylic acids is 1. The molecule has 0 saturated carbocycles. The van der Waals surface area contributed by atoms with Gasteiger partial charge in [0.25, 0.3) is 10.0 Å². The van der Waals surface area contributed by atoms with Gasteiger partial charge in [-0.1, -0.05) is 0 Å². The number of phenols is 1. The maximum absolute atomic E-state index is 14.8. The van der Waals surface area contributed by atoms with E-state index in [2.05, 4.69) is 25.6 Å². The number of esters is 1. The number of nitrogens with zero attached hydrogens (tertiary/aromatic N) is 2. The number of aromatic nitrogens is 1. The van der Waals surface area contributed by atoms with Gasteiger partial charge in [-0.3, -0.25) is 4.72 Å². The van der Waals surface area contributed by atoms with Gasteiger partial charge in [-0.25, -0.2) is 22.6 Å². The van der Waals surface area contributed by atoms with E-state index in [0.717, 1.165) is 12.1 Å². The molecule has 0 aliphatic carbocycles. The van der Waals surface area contributed by atoms with Crippen molar-refractivity contribution in [3.05, 3.63) is 63.5 Å². The van der Waals surface area contributed by atoms with Crippen LogP contribution in [0.1, 0.15) is 21.5 Å². The summed E-state index contributed by atoms with van der Waals surface area (Å²) in [6.07, 6.45) is 1.35. The van der Waals surface area contributed by atoms with E-state index < -0.39 is 38.0 Å². The number of hydrogen-bond acceptors (Lipinski definition) is 8. The number of benzene rings is 2. The summed E-state index contributed by atoms with van der Waals surface area (Å²) in [6, 6.07) is 7.53. The lowest BCUT2D eigenvalue weighted by molar-refractivity contribution is 0.0472. The number of fused-ring (bicyclic) bond motifs is 6. The second kappa shape index (κ2) is 8.34. The molecule has 4 bridgehead atoms. The fourth-order valence-corrected chi connectivity index (χ4v) is 5.04. The largest absolute Gasteiger partial charge is 0.505 e. The Labute approximate surface area is 195 Å². The van der Waals surface area contributed by atoms with Crippen molar-refractivity contribution in [2.75, 3.05) is 11.8 Å². The molecule has 1 aromatic heterocycles. The van der Waals surface area contributed by atoms with Crippen molar-refractivity contribution in [3.8, 4) is 28.8 Å². The molecule has 2 heterocycles. The van der Waals surface area contributed by atoms with E-state index in [1.807, 2.05) is 0 Å². The third-order valence-electron chi connectivity index (χ3n) is 4.84. The van der Waals surface area contributed by atoms with Gasteiger partial charge in [-0.05, 0) is 45.8 Å². The minimum absolute atomic E-state index is 0.0843. The van der Waals surface area contributed by atoms with Gasteiger partial charge in [-0.15, -0.1) is 0 Å². The van der Waals surface area contributed by atoms with Crippen molar-refractivity contribution in [3.63, 3.8) is 0 Å². The van der Waals surface area contributed by atoms with Gasteiger partial charge in [0.15, 0.2) is 0 Å². The molecule has 4 rings (SSSR count). The standard InChI is InChI=1S/C21H13BrFN3O6S/c1-31-19-6-12-9-32-21(28)11-2-15(22)20(27)18(5-11)33(29,30)26-17-4-10(14(12)8-25-19)3-16(23)13(17)7-24/h2-6,8,26-27H,9H2,1H3. The average molecular weight is 534 g/mol. The summed E-state index contributed by atoms with van der Waals surface area (Å²) in [4.78, 5) is 16.1. The van der Waals surface area contributed by atoms with Crippen LogP contribution in [0.2, 0.25) is 0 Å². The van der Waals surface area contributed by atoms with Crippen molar-refractivity contribution >= 4 is 37.6 Å². The van der Waals surface area contributed by atoms with Gasteiger partial charge < -0.3 is 14.6 Å². The molecule has 0 unspecified atom stereocenters. The van der Waals surface area contributed by atoms with Crippen LogP contribution < -0.4 is 9.46 Å². The van der Waals surface area contributed by atoms with E-state index in [1.165, 1.54) is 31.5 Å². The van der Waals surface area contributed by atoms with Gasteiger partial charge in [0.1, 0.15) is 34.7 Å². The molecule has 1 aliphatic rings. The molecule has 168 valence electrons. The van der Waals surface area contributed by atoms with E-state index >= 15 is 0 Å². The zero-order valence-corrected chi connectivity index (χ0v) is 19.1. The SMILES string of the molecule is COc1cc2c(cn1)-c1cc(F)c(C#N)c(c1)NS(=O)(=O)c1cc(cc(Br)c1O)C(=O)OC2. The highest BCUT2D eigenvalue weighted by atomic mass is 79.9. The molecule has 9 nitrogen and oxygen atoms in total. The molecule has 0 amide bonds. The summed E-state index contributed by atoms with van der Waals surface area (Å²) in [7, 11) is -3.17. The van der Waals surface area contributed by atoms with Crippen molar-refractivity contribution < 1.29 is 32.2 Å². The topological polar surface area (TPSA) is 139 Å². The Morgan fingerprint density at radius 1 is 1.27 bits per heavy atom. The summed E-state index contributed by atoms with van der Waals surface area (Å²) >= 11 is 3.02. The van der Waals surface area contributed by atoms with Gasteiger partial charge in [0.05, 0.1) is 22.8 Å². The molecule has 0 radical (unpaired) electrons. The van der Waals surface area contributed by atoms with E-state index in [-0.39, 0.29) is 33.8 Å². The van der Waals surface area contributed by atoms with Gasteiger partial charge in [-0.2, -0.15) is 5.26 Å². The Balaban J connectivity index is 2.04. The van der Waals surface area contributed by atoms with Crippen LogP contribution in [-0.4, -0.2) is 31.6 Å². The van der Waals surface area contributed by atoms with Crippen LogP contribution in [0.25, 0.3) is 11.1 Å². The number of hydrogen-bond donors (Lipinski definition) is 2. The summed E-state index contributed by atoms with van der Waals surface area (Å²) in [5.41, 5.74) is -0.196. The van der Waals surface area contributed by atoms with Gasteiger partial charge in [0.2, 0.25) is 5.88 Å². The zero-order valence-electron chi connectivity index (χ0n) is 16.7. The number of sulfonamides is 1. The number of rotatable bonds is 1. The number of pyridine rings is 1. The highest BCUT2D eigenvalue weighted by Crippen LogP contribution is 2.37.